The fraction of sp³-hybridized carbons (Fsp3) is 0.750. The zero-order valence-electron chi connectivity index (χ0n) is 31.6. The highest BCUT2D eigenvalue weighted by molar-refractivity contribution is 8.07. The number of nitrogens with zero attached hydrogens (tertiary/aromatic N) is 4. The number of ether oxygens (including phenoxy) is 2. The Morgan fingerprint density at radius 2 is 1.28 bits per heavy atom. The van der Waals surface area contributed by atoms with E-state index in [9.17, 15) is 14.5 Å². The summed E-state index contributed by atoms with van der Waals surface area (Å²) < 4.78 is 73.2. The molecule has 0 radical (unpaired) electrons. The smallest absolute Gasteiger partial charge is 0.349 e. The van der Waals surface area contributed by atoms with E-state index in [0.29, 0.717) is 0 Å². The van der Waals surface area contributed by atoms with Crippen LogP contribution in [-0.2, 0) is 39.2 Å². The van der Waals surface area contributed by atoms with Gasteiger partial charge in [-0.1, -0.05) is 41.5 Å². The molecule has 0 bridgehead atoms. The summed E-state index contributed by atoms with van der Waals surface area (Å²) in [5.41, 5.74) is 5.34. The maximum atomic E-state index is 17.1. The zero-order chi connectivity index (χ0) is 39.5. The van der Waals surface area contributed by atoms with Gasteiger partial charge >= 0.3 is 18.1 Å². The minimum absolute atomic E-state index is 0.00233. The van der Waals surface area contributed by atoms with Crippen LogP contribution in [0.2, 0.25) is 36.3 Å². The summed E-state index contributed by atoms with van der Waals surface area (Å²) in [6, 6.07) is 0.575. The van der Waals surface area contributed by atoms with Crippen LogP contribution in [0.5, 0.6) is 0 Å². The molecule has 53 heavy (non-hydrogen) atoms. The first kappa shape index (κ1) is 40.7. The fourth-order valence-electron chi connectivity index (χ4n) is 6.67. The molecule has 4 heterocycles. The second-order valence-electron chi connectivity index (χ2n) is 17.5. The number of aromatic nitrogens is 4. The molecule has 6 rings (SSSR count). The molecule has 11 atom stereocenters. The Labute approximate surface area is 314 Å². The van der Waals surface area contributed by atoms with Crippen LogP contribution in [0.4, 0.5) is 20.4 Å². The maximum absolute atomic E-state index is 17.1. The number of nitrogens with two attached hydrogens (primary N) is 2. The molecule has 2 saturated heterocycles. The van der Waals surface area contributed by atoms with Crippen molar-refractivity contribution in [1.82, 2.24) is 19.1 Å². The molecule has 296 valence electrons. The second kappa shape index (κ2) is 13.0. The monoisotopic (exact) mass is 820 g/mol. The van der Waals surface area contributed by atoms with Gasteiger partial charge in [0.05, 0.1) is 13.2 Å². The van der Waals surface area contributed by atoms with Crippen LogP contribution in [0, 0.1) is 0 Å². The molecule has 0 amide bonds. The Bertz CT molecular complexity index is 1930. The Morgan fingerprint density at radius 3 is 1.72 bits per heavy atom. The summed E-state index contributed by atoms with van der Waals surface area (Å²) in [4.78, 5) is 44.3. The average molecular weight is 821 g/mol. The van der Waals surface area contributed by atoms with Crippen LogP contribution in [0.3, 0.4) is 0 Å². The third-order valence-corrected chi connectivity index (χ3v) is 22.4. The average Bonchev–Trinajstić information content (AvgIpc) is 3.71. The Hall–Kier alpha value is -1.98. The van der Waals surface area contributed by atoms with Crippen LogP contribution in [0.25, 0.3) is 0 Å². The number of hydrogen-bond donors (Lipinski definition) is 3. The molecule has 5 N–H and O–H groups in total. The molecule has 4 aliphatic rings. The van der Waals surface area contributed by atoms with E-state index < -0.39 is 101 Å². The first-order valence-corrected chi connectivity index (χ1v) is 25.9. The van der Waals surface area contributed by atoms with Crippen LogP contribution in [0.15, 0.2) is 34.1 Å². The highest BCUT2D eigenvalue weighted by atomic mass is 32.5. The zero-order valence-corrected chi connectivity index (χ0v) is 35.3. The number of alkyl halides is 2. The van der Waals surface area contributed by atoms with E-state index in [1.54, 1.807) is 0 Å². The van der Waals surface area contributed by atoms with Gasteiger partial charge < -0.3 is 39.2 Å². The molecular weight excluding hydrogens is 770 g/mol. The molecule has 0 aromatic carbocycles. The third kappa shape index (κ3) is 7.04. The van der Waals surface area contributed by atoms with E-state index in [0.717, 1.165) is 9.13 Å². The summed E-state index contributed by atoms with van der Waals surface area (Å²) in [6.07, 6.45) is -4.39. The molecule has 2 aromatic heterocycles. The summed E-state index contributed by atoms with van der Waals surface area (Å²) in [5, 5.41) is -0.501. The molecule has 4 fully saturated rings. The normalized spacial score (nSPS) is 35.1. The molecule has 2 aliphatic carbocycles. The summed E-state index contributed by atoms with van der Waals surface area (Å²) >= 11 is 5.43. The lowest BCUT2D eigenvalue weighted by atomic mass is 10.1. The van der Waals surface area contributed by atoms with E-state index >= 15 is 8.78 Å². The molecule has 2 aromatic rings. The van der Waals surface area contributed by atoms with Crippen molar-refractivity contribution in [2.24, 2.45) is 0 Å². The predicted octanol–water partition coefficient (Wildman–Crippen LogP) is 3.76. The highest BCUT2D eigenvalue weighted by Gasteiger charge is 2.82. The molecule has 21 heteroatoms. The lowest BCUT2D eigenvalue weighted by molar-refractivity contribution is -0.0552. The molecule has 2 aliphatic heterocycles. The topological polar surface area (TPSA) is 197 Å². The number of fused-ring (bicyclic) bond motifs is 2. The number of hydrogen-bond acceptors (Lipinski definition) is 13. The lowest BCUT2D eigenvalue weighted by Gasteiger charge is -2.41. The van der Waals surface area contributed by atoms with E-state index in [-0.39, 0.29) is 28.3 Å². The van der Waals surface area contributed by atoms with Crippen LogP contribution >= 0.6 is 6.72 Å². The van der Waals surface area contributed by atoms with E-state index in [4.69, 9.17) is 50.6 Å². The van der Waals surface area contributed by atoms with Crippen LogP contribution in [-0.4, -0.2) is 102 Å². The lowest BCUT2D eigenvalue weighted by Crippen LogP contribution is -2.51. The Balaban J connectivity index is 1.23. The van der Waals surface area contributed by atoms with Gasteiger partial charge in [0.1, 0.15) is 60.3 Å². The van der Waals surface area contributed by atoms with E-state index in [2.05, 4.69) is 30.7 Å². The molecule has 15 nitrogen and oxygen atoms in total. The minimum atomic E-state index is -4.32. The van der Waals surface area contributed by atoms with Crippen molar-refractivity contribution >= 4 is 46.8 Å². The first-order chi connectivity index (χ1) is 24.2. The molecule has 0 spiro atoms. The largest absolute Gasteiger partial charge is 0.414 e. The van der Waals surface area contributed by atoms with Gasteiger partial charge in [-0.15, -0.1) is 0 Å². The minimum Gasteiger partial charge on any atom is -0.414 e. The summed E-state index contributed by atoms with van der Waals surface area (Å²) in [7, 11) is -5.02. The first-order valence-electron chi connectivity index (χ1n) is 17.5. The number of anilines is 2. The number of nitrogen functional groups attached to an aromatic ring is 2. The van der Waals surface area contributed by atoms with Crippen molar-refractivity contribution in [3.8, 4) is 0 Å². The van der Waals surface area contributed by atoms with Gasteiger partial charge in [-0.2, -0.15) is 9.97 Å². The second-order valence-corrected chi connectivity index (χ2v) is 29.8. The van der Waals surface area contributed by atoms with Gasteiger partial charge in [0.15, 0.2) is 28.0 Å². The van der Waals surface area contributed by atoms with Crippen molar-refractivity contribution in [2.45, 2.75) is 138 Å². The van der Waals surface area contributed by atoms with E-state index in [1.807, 2.05) is 47.0 Å². The van der Waals surface area contributed by atoms with Crippen molar-refractivity contribution < 1.29 is 41.0 Å². The number of halogens is 2. The standard InChI is InChI=1S/C32H51F2N6O9PSSi2/c1-29(2,3)52(7,8)45-16-18-23(31(33)21(25(31)47-18)39-13-11-19(35)37-27(39)41)48-50(43,51)44-15-17-24(49-53(9,10)30(4,5)6)32(34)22(26(32)46-17)40-14-12-20(36)38-28(40)42/h11-14,17-18,21-26H,15-16H2,1-10H3,(H,43,51)(H2,35,37,41)(H2,36,38,42)/t17-,18-,21-,22-,23?,24?,25?,26?,31?,32?,50?/m1/s1. The van der Waals surface area contributed by atoms with Gasteiger partial charge in [-0.05, 0) is 60.2 Å². The molecular formula is C32H51F2N6O9PSSi2. The maximum Gasteiger partial charge on any atom is 0.349 e. The predicted molar refractivity (Wildman–Crippen MR) is 201 cm³/mol. The Kier molecular flexibility index (Phi) is 10.0. The van der Waals surface area contributed by atoms with Crippen LogP contribution in [0.1, 0.15) is 53.6 Å². The summed E-state index contributed by atoms with van der Waals surface area (Å²) in [6.45, 7) is 15.3. The Morgan fingerprint density at radius 1 is 0.849 bits per heavy atom. The quantitative estimate of drug-likeness (QED) is 0.207. The molecule has 7 unspecified atom stereocenters. The van der Waals surface area contributed by atoms with Gasteiger partial charge in [0, 0.05) is 12.4 Å². The van der Waals surface area contributed by atoms with Gasteiger partial charge in [-0.25, -0.2) is 18.4 Å². The van der Waals surface area contributed by atoms with Gasteiger partial charge in [0.2, 0.25) is 0 Å². The van der Waals surface area contributed by atoms with E-state index in [1.165, 1.54) is 24.5 Å². The third-order valence-electron chi connectivity index (χ3n) is 11.9. The van der Waals surface area contributed by atoms with Crippen LogP contribution < -0.4 is 22.8 Å². The van der Waals surface area contributed by atoms with Gasteiger partial charge in [0.25, 0.3) is 0 Å². The fourth-order valence-corrected chi connectivity index (χ4v) is 10.4. The van der Waals surface area contributed by atoms with Crippen molar-refractivity contribution in [2.75, 3.05) is 24.7 Å². The number of rotatable bonds is 12. The summed E-state index contributed by atoms with van der Waals surface area (Å²) in [5.74, 6) is -0.0303. The SMILES string of the molecule is CC(C)(C)[Si](C)(C)OC[C@H]1OC2[C@@H](n3ccc(N)nc3=O)C2(F)C1OP(O)(=S)OC[C@H]1OC2[C@@H](n3ccc(N)nc3=O)C2(F)C1O[Si](C)(C)C(C)(C)C. The van der Waals surface area contributed by atoms with Crippen molar-refractivity contribution in [3.63, 3.8) is 0 Å². The molecule has 2 saturated carbocycles. The van der Waals surface area contributed by atoms with Crippen molar-refractivity contribution in [1.29, 1.82) is 0 Å². The van der Waals surface area contributed by atoms with Crippen molar-refractivity contribution in [3.05, 3.63) is 45.5 Å². The highest BCUT2D eigenvalue weighted by Crippen LogP contribution is 2.66. The van der Waals surface area contributed by atoms with Gasteiger partial charge in [-0.3, -0.25) is 13.7 Å².